The molecule has 0 saturated carbocycles. The van der Waals surface area contributed by atoms with Crippen LogP contribution in [0.4, 0.5) is 0 Å². The summed E-state index contributed by atoms with van der Waals surface area (Å²) < 4.78 is 7.21. The second-order valence-corrected chi connectivity index (χ2v) is 11.5. The summed E-state index contributed by atoms with van der Waals surface area (Å²) in [7, 11) is 2.22. The fourth-order valence-corrected chi connectivity index (χ4v) is 7.16. The van der Waals surface area contributed by atoms with Gasteiger partial charge in [0, 0.05) is 40.0 Å². The molecule has 0 bridgehead atoms. The average molecular weight is 564 g/mol. The van der Waals surface area contributed by atoms with E-state index in [-0.39, 0.29) is 0 Å². The molecule has 0 amide bonds. The van der Waals surface area contributed by atoms with Crippen molar-refractivity contribution in [2.45, 2.75) is 0 Å². The smallest absolute Gasteiger partial charge is 0.0583 e. The summed E-state index contributed by atoms with van der Waals surface area (Å²) in [5.41, 5.74) is 9.48. The van der Waals surface area contributed by atoms with Crippen molar-refractivity contribution in [1.29, 1.82) is 0 Å². The Labute approximate surface area is 254 Å². The number of aromatic nitrogens is 3. The summed E-state index contributed by atoms with van der Waals surface area (Å²) in [6.45, 7) is 0. The SMILES string of the molecule is Cn1c2c(ccc3c2ccc2ccccc2n3-c2ccccc2)c2ccc3c(ccc4ccccc4n3-c3ccccc3)c21. The third-order valence-electron chi connectivity index (χ3n) is 9.07. The van der Waals surface area contributed by atoms with Gasteiger partial charge in [-0.1, -0.05) is 109 Å². The van der Waals surface area contributed by atoms with Crippen LogP contribution in [0.15, 0.2) is 158 Å². The molecule has 208 valence electrons. The van der Waals surface area contributed by atoms with E-state index in [1.165, 1.54) is 65.4 Å². The standard InChI is InChI=1S/C41H29N3/c1-42-40-32(24-26-38-34(40)22-20-28-12-8-10-18-36(28)43(38)30-14-4-2-5-15-30)33-25-27-39-35(41(33)42)23-21-29-13-9-11-19-37(29)44(39)31-16-6-3-7-17-31/h2-27H,1H3. The van der Waals surface area contributed by atoms with Crippen LogP contribution in [0.1, 0.15) is 0 Å². The van der Waals surface area contributed by atoms with Gasteiger partial charge >= 0.3 is 0 Å². The van der Waals surface area contributed by atoms with Gasteiger partial charge in [-0.2, -0.15) is 0 Å². The van der Waals surface area contributed by atoms with Crippen LogP contribution >= 0.6 is 0 Å². The highest BCUT2D eigenvalue weighted by atomic mass is 15.0. The van der Waals surface area contributed by atoms with Gasteiger partial charge in [-0.15, -0.1) is 0 Å². The zero-order valence-corrected chi connectivity index (χ0v) is 24.4. The molecule has 0 radical (unpaired) electrons. The molecular weight excluding hydrogens is 534 g/mol. The van der Waals surface area contributed by atoms with Gasteiger partial charge in [0.05, 0.1) is 33.1 Å². The fraction of sp³-hybridized carbons (Fsp3) is 0.0244. The van der Waals surface area contributed by atoms with Crippen molar-refractivity contribution in [3.05, 3.63) is 158 Å². The fourth-order valence-electron chi connectivity index (χ4n) is 7.16. The normalized spacial score (nSPS) is 11.8. The van der Waals surface area contributed by atoms with Crippen LogP contribution in [-0.2, 0) is 7.05 Å². The van der Waals surface area contributed by atoms with Crippen molar-refractivity contribution >= 4 is 65.4 Å². The van der Waals surface area contributed by atoms with Gasteiger partial charge in [-0.25, -0.2) is 0 Å². The van der Waals surface area contributed by atoms with Crippen LogP contribution in [0.2, 0.25) is 0 Å². The van der Waals surface area contributed by atoms with Crippen LogP contribution < -0.4 is 0 Å². The Kier molecular flexibility index (Phi) is 5.41. The van der Waals surface area contributed by atoms with E-state index in [9.17, 15) is 0 Å². The second-order valence-electron chi connectivity index (χ2n) is 11.5. The predicted octanol–water partition coefficient (Wildman–Crippen LogP) is 10.7. The number of benzene rings is 6. The summed E-state index contributed by atoms with van der Waals surface area (Å²) >= 11 is 0. The van der Waals surface area contributed by atoms with Crippen molar-refractivity contribution in [1.82, 2.24) is 13.7 Å². The van der Waals surface area contributed by atoms with E-state index in [4.69, 9.17) is 0 Å². The molecular formula is C41H29N3. The van der Waals surface area contributed by atoms with Crippen molar-refractivity contribution in [2.75, 3.05) is 0 Å². The first kappa shape index (κ1) is 24.8. The minimum absolute atomic E-state index is 1.15. The van der Waals surface area contributed by atoms with Crippen LogP contribution in [0, 0.1) is 0 Å². The zero-order chi connectivity index (χ0) is 29.2. The van der Waals surface area contributed by atoms with E-state index < -0.39 is 0 Å². The first-order valence-electron chi connectivity index (χ1n) is 15.1. The van der Waals surface area contributed by atoms with Crippen LogP contribution in [0.25, 0.3) is 76.8 Å². The highest BCUT2D eigenvalue weighted by Gasteiger charge is 2.17. The Bertz CT molecular complexity index is 2420. The molecule has 0 saturated heterocycles. The molecule has 9 rings (SSSR count). The van der Waals surface area contributed by atoms with Crippen molar-refractivity contribution < 1.29 is 0 Å². The number of hydrogen-bond acceptors (Lipinski definition) is 0. The summed E-state index contributed by atoms with van der Waals surface area (Å²) in [6, 6.07) is 57.1. The number of fused-ring (bicyclic) bond motifs is 9. The Morgan fingerprint density at radius 1 is 0.318 bits per heavy atom. The molecule has 0 aliphatic carbocycles. The van der Waals surface area contributed by atoms with Gasteiger partial charge in [0.2, 0.25) is 0 Å². The maximum absolute atomic E-state index is 2.41. The summed E-state index contributed by atoms with van der Waals surface area (Å²) in [5.74, 6) is 0. The Morgan fingerprint density at radius 2 is 0.705 bits per heavy atom. The zero-order valence-electron chi connectivity index (χ0n) is 24.4. The van der Waals surface area contributed by atoms with E-state index in [1.807, 2.05) is 0 Å². The van der Waals surface area contributed by atoms with Crippen molar-refractivity contribution in [3.8, 4) is 11.4 Å². The van der Waals surface area contributed by atoms with Gasteiger partial charge < -0.3 is 13.7 Å². The quantitative estimate of drug-likeness (QED) is 0.199. The molecule has 9 aromatic rings. The lowest BCUT2D eigenvalue weighted by molar-refractivity contribution is 1.02. The van der Waals surface area contributed by atoms with Crippen LogP contribution in [0.3, 0.4) is 0 Å². The van der Waals surface area contributed by atoms with E-state index >= 15 is 0 Å². The molecule has 44 heavy (non-hydrogen) atoms. The van der Waals surface area contributed by atoms with Gasteiger partial charge in [0.15, 0.2) is 0 Å². The molecule has 3 heteroatoms. The molecule has 0 atom stereocenters. The Morgan fingerprint density at radius 3 is 1.16 bits per heavy atom. The highest BCUT2D eigenvalue weighted by Crippen LogP contribution is 2.39. The predicted molar refractivity (Wildman–Crippen MR) is 187 cm³/mol. The molecule has 0 aliphatic heterocycles. The van der Waals surface area contributed by atoms with E-state index in [0.717, 1.165) is 11.4 Å². The lowest BCUT2D eigenvalue weighted by atomic mass is 10.1. The molecule has 0 unspecified atom stereocenters. The topological polar surface area (TPSA) is 14.8 Å². The molecule has 3 heterocycles. The van der Waals surface area contributed by atoms with Crippen molar-refractivity contribution in [2.24, 2.45) is 7.05 Å². The summed E-state index contributed by atoms with van der Waals surface area (Å²) in [5, 5.41) is 7.36. The summed E-state index contributed by atoms with van der Waals surface area (Å²) in [6.07, 6.45) is 0. The Balaban J connectivity index is 1.48. The van der Waals surface area contributed by atoms with E-state index in [1.54, 1.807) is 0 Å². The highest BCUT2D eigenvalue weighted by molar-refractivity contribution is 6.23. The minimum atomic E-state index is 1.15. The monoisotopic (exact) mass is 563 g/mol. The first-order valence-corrected chi connectivity index (χ1v) is 15.1. The van der Waals surface area contributed by atoms with Crippen LogP contribution in [0.5, 0.6) is 0 Å². The van der Waals surface area contributed by atoms with E-state index in [0.29, 0.717) is 0 Å². The number of hydrogen-bond donors (Lipinski definition) is 0. The maximum atomic E-state index is 2.41. The van der Waals surface area contributed by atoms with Crippen molar-refractivity contribution in [3.63, 3.8) is 0 Å². The van der Waals surface area contributed by atoms with E-state index in [2.05, 4.69) is 178 Å². The molecule has 0 N–H and O–H groups in total. The summed E-state index contributed by atoms with van der Waals surface area (Å²) in [4.78, 5) is 0. The van der Waals surface area contributed by atoms with Gasteiger partial charge in [0.25, 0.3) is 0 Å². The average Bonchev–Trinajstić information content (AvgIpc) is 3.19. The number of nitrogens with zero attached hydrogens (tertiary/aromatic N) is 3. The molecule has 3 aromatic heterocycles. The van der Waals surface area contributed by atoms with Gasteiger partial charge in [-0.05, 0) is 59.3 Å². The van der Waals surface area contributed by atoms with Crippen LogP contribution in [-0.4, -0.2) is 13.7 Å². The Hall–Kier alpha value is -5.80. The second kappa shape index (κ2) is 9.62. The molecule has 6 aromatic carbocycles. The number of rotatable bonds is 2. The first-order chi connectivity index (χ1) is 21.8. The largest absolute Gasteiger partial charge is 0.343 e. The third kappa shape index (κ3) is 3.56. The molecule has 0 aliphatic rings. The molecule has 0 fully saturated rings. The maximum Gasteiger partial charge on any atom is 0.0583 e. The molecule has 0 spiro atoms. The lowest BCUT2D eigenvalue weighted by Gasteiger charge is -2.13. The minimum Gasteiger partial charge on any atom is -0.343 e. The number of para-hydroxylation sites is 4. The number of aryl methyl sites for hydroxylation is 1. The molecule has 3 nitrogen and oxygen atoms in total. The van der Waals surface area contributed by atoms with Gasteiger partial charge in [-0.3, -0.25) is 0 Å². The lowest BCUT2D eigenvalue weighted by Crippen LogP contribution is -1.98. The third-order valence-corrected chi connectivity index (χ3v) is 9.07. The van der Waals surface area contributed by atoms with Gasteiger partial charge in [0.1, 0.15) is 0 Å².